The molecular weight excluding hydrogens is 318 g/mol. The molecule has 0 aromatic heterocycles. The third-order valence-corrected chi connectivity index (χ3v) is 4.61. The molecule has 0 saturated carbocycles. The van der Waals surface area contributed by atoms with E-state index in [1.807, 2.05) is 30.3 Å². The van der Waals surface area contributed by atoms with E-state index in [2.05, 4.69) is 19.2 Å². The summed E-state index contributed by atoms with van der Waals surface area (Å²) in [5.74, 6) is 0. The largest absolute Gasteiger partial charge is 0.387 e. The predicted molar refractivity (Wildman–Crippen MR) is 108 cm³/mol. The highest BCUT2D eigenvalue weighted by Crippen LogP contribution is 2.16. The Bertz CT molecular complexity index is 371. The summed E-state index contributed by atoms with van der Waals surface area (Å²) in [5, 5.41) is 13.7. The third-order valence-electron chi connectivity index (χ3n) is 4.61. The molecule has 1 aromatic carbocycles. The van der Waals surface area contributed by atoms with E-state index in [1.165, 1.54) is 64.2 Å². The van der Waals surface area contributed by atoms with Crippen LogP contribution in [0.2, 0.25) is 0 Å². The minimum absolute atomic E-state index is 0. The highest BCUT2D eigenvalue weighted by Gasteiger charge is 2.14. The maximum absolute atomic E-state index is 10.3. The summed E-state index contributed by atoms with van der Waals surface area (Å²) in [6.45, 7) is 5.34. The molecule has 0 aliphatic heterocycles. The van der Waals surface area contributed by atoms with Gasteiger partial charge in [-0.15, -0.1) is 12.4 Å². The Morgan fingerprint density at radius 3 is 1.88 bits per heavy atom. The zero-order valence-corrected chi connectivity index (χ0v) is 16.5. The molecule has 1 rings (SSSR count). The van der Waals surface area contributed by atoms with Crippen molar-refractivity contribution >= 4 is 12.4 Å². The van der Waals surface area contributed by atoms with Crippen LogP contribution in [-0.2, 0) is 0 Å². The van der Waals surface area contributed by atoms with Crippen LogP contribution in [0.25, 0.3) is 0 Å². The Balaban J connectivity index is 0.00000529. The Hall–Kier alpha value is -0.570. The second-order valence-corrected chi connectivity index (χ2v) is 6.78. The van der Waals surface area contributed by atoms with E-state index in [0.717, 1.165) is 12.1 Å². The average molecular weight is 356 g/mol. The third kappa shape index (κ3) is 11.1. The van der Waals surface area contributed by atoms with Gasteiger partial charge in [0.25, 0.3) is 0 Å². The molecule has 3 heteroatoms. The predicted octanol–water partition coefficient (Wildman–Crippen LogP) is 6.04. The number of benzene rings is 1. The maximum Gasteiger partial charge on any atom is 0.0940 e. The molecule has 0 fully saturated rings. The number of halogens is 1. The maximum atomic E-state index is 10.3. The summed E-state index contributed by atoms with van der Waals surface area (Å²) < 4.78 is 0. The summed E-state index contributed by atoms with van der Waals surface area (Å²) in [5.41, 5.74) is 0.996. The molecular formula is C21H38ClNO. The first-order valence-corrected chi connectivity index (χ1v) is 9.72. The smallest absolute Gasteiger partial charge is 0.0940 e. The van der Waals surface area contributed by atoms with E-state index >= 15 is 0 Å². The van der Waals surface area contributed by atoms with Crippen molar-refractivity contribution in [2.24, 2.45) is 0 Å². The van der Waals surface area contributed by atoms with E-state index in [9.17, 15) is 5.11 Å². The molecule has 0 unspecified atom stereocenters. The van der Waals surface area contributed by atoms with Crippen LogP contribution >= 0.6 is 12.4 Å². The lowest BCUT2D eigenvalue weighted by Gasteiger charge is -2.20. The molecule has 1 aromatic rings. The molecule has 0 heterocycles. The van der Waals surface area contributed by atoms with Crippen molar-refractivity contribution in [3.05, 3.63) is 35.9 Å². The quantitative estimate of drug-likeness (QED) is 0.398. The van der Waals surface area contributed by atoms with Gasteiger partial charge in [0.15, 0.2) is 0 Å². The van der Waals surface area contributed by atoms with Gasteiger partial charge < -0.3 is 10.4 Å². The monoisotopic (exact) mass is 355 g/mol. The Morgan fingerprint density at radius 2 is 1.33 bits per heavy atom. The van der Waals surface area contributed by atoms with Gasteiger partial charge in [-0.3, -0.25) is 0 Å². The molecule has 0 spiro atoms. The van der Waals surface area contributed by atoms with E-state index < -0.39 is 6.10 Å². The molecule has 24 heavy (non-hydrogen) atoms. The minimum atomic E-state index is -0.417. The van der Waals surface area contributed by atoms with Crippen molar-refractivity contribution in [3.8, 4) is 0 Å². The fourth-order valence-corrected chi connectivity index (χ4v) is 2.99. The molecule has 0 aliphatic carbocycles. The molecule has 0 radical (unpaired) electrons. The summed E-state index contributed by atoms with van der Waals surface area (Å²) >= 11 is 0. The summed E-state index contributed by atoms with van der Waals surface area (Å²) in [6, 6.07) is 10.0. The zero-order valence-electron chi connectivity index (χ0n) is 15.7. The number of rotatable bonds is 14. The van der Waals surface area contributed by atoms with Gasteiger partial charge >= 0.3 is 0 Å². The van der Waals surface area contributed by atoms with Gasteiger partial charge in [-0.1, -0.05) is 95.0 Å². The minimum Gasteiger partial charge on any atom is -0.387 e. The first kappa shape index (κ1) is 23.4. The lowest BCUT2D eigenvalue weighted by Crippen LogP contribution is -2.32. The van der Waals surface area contributed by atoms with Crippen LogP contribution < -0.4 is 5.32 Å². The van der Waals surface area contributed by atoms with E-state index in [-0.39, 0.29) is 18.4 Å². The number of hydrogen-bond acceptors (Lipinski definition) is 2. The fourth-order valence-electron chi connectivity index (χ4n) is 2.99. The van der Waals surface area contributed by atoms with Crippen molar-refractivity contribution in [1.29, 1.82) is 0 Å². The first-order chi connectivity index (χ1) is 11.3. The van der Waals surface area contributed by atoms with Gasteiger partial charge in [-0.25, -0.2) is 0 Å². The van der Waals surface area contributed by atoms with Crippen LogP contribution in [0.5, 0.6) is 0 Å². The molecule has 0 bridgehead atoms. The number of aliphatic hydroxyl groups is 1. The molecule has 0 aliphatic rings. The van der Waals surface area contributed by atoms with Gasteiger partial charge in [0, 0.05) is 6.04 Å². The molecule has 0 amide bonds. The molecule has 2 atom stereocenters. The fraction of sp³-hybridized carbons (Fsp3) is 0.714. The number of nitrogens with one attached hydrogen (secondary N) is 1. The van der Waals surface area contributed by atoms with Crippen LogP contribution in [0.15, 0.2) is 30.3 Å². The van der Waals surface area contributed by atoms with Gasteiger partial charge in [-0.2, -0.15) is 0 Å². The lowest BCUT2D eigenvalue weighted by atomic mass is 10.0. The summed E-state index contributed by atoms with van der Waals surface area (Å²) in [7, 11) is 0. The average Bonchev–Trinajstić information content (AvgIpc) is 2.59. The zero-order chi connectivity index (χ0) is 16.8. The topological polar surface area (TPSA) is 32.3 Å². The van der Waals surface area contributed by atoms with Crippen LogP contribution in [0.3, 0.4) is 0 Å². The van der Waals surface area contributed by atoms with Crippen molar-refractivity contribution in [1.82, 2.24) is 5.32 Å². The molecule has 2 nitrogen and oxygen atoms in total. The summed E-state index contributed by atoms with van der Waals surface area (Å²) in [4.78, 5) is 0. The van der Waals surface area contributed by atoms with Gasteiger partial charge in [0.05, 0.1) is 6.10 Å². The number of hydrogen-bond donors (Lipinski definition) is 2. The molecule has 2 N–H and O–H groups in total. The number of aliphatic hydroxyl groups excluding tert-OH is 1. The Labute approximate surface area is 155 Å². The second kappa shape index (κ2) is 15.9. The molecule has 0 saturated heterocycles. The van der Waals surface area contributed by atoms with E-state index in [0.29, 0.717) is 0 Å². The van der Waals surface area contributed by atoms with Crippen molar-refractivity contribution in [2.75, 3.05) is 6.54 Å². The standard InChI is InChI=1S/C21H37NO.ClH/c1-3-4-5-6-7-8-9-10-11-15-18-22-19(2)21(23)20-16-13-12-14-17-20;/h12-14,16-17,19,21-23H,3-11,15,18H2,1-2H3;1H/t19-,21-;/m1./s1. The molecule has 140 valence electrons. The van der Waals surface area contributed by atoms with Crippen molar-refractivity contribution in [3.63, 3.8) is 0 Å². The normalized spacial score (nSPS) is 13.3. The van der Waals surface area contributed by atoms with Gasteiger partial charge in [-0.05, 0) is 25.5 Å². The van der Waals surface area contributed by atoms with Crippen LogP contribution in [0.1, 0.15) is 89.7 Å². The highest BCUT2D eigenvalue weighted by atomic mass is 35.5. The Morgan fingerprint density at radius 1 is 0.833 bits per heavy atom. The van der Waals surface area contributed by atoms with Crippen LogP contribution in [0.4, 0.5) is 0 Å². The first-order valence-electron chi connectivity index (χ1n) is 9.72. The highest BCUT2D eigenvalue weighted by molar-refractivity contribution is 5.85. The van der Waals surface area contributed by atoms with E-state index in [4.69, 9.17) is 0 Å². The van der Waals surface area contributed by atoms with Crippen molar-refractivity contribution < 1.29 is 5.11 Å². The van der Waals surface area contributed by atoms with Gasteiger partial charge in [0.1, 0.15) is 0 Å². The van der Waals surface area contributed by atoms with Crippen LogP contribution in [0, 0.1) is 0 Å². The Kier molecular flexibility index (Phi) is 15.6. The number of unbranched alkanes of at least 4 members (excludes halogenated alkanes) is 9. The van der Waals surface area contributed by atoms with E-state index in [1.54, 1.807) is 0 Å². The second-order valence-electron chi connectivity index (χ2n) is 6.78. The summed E-state index contributed by atoms with van der Waals surface area (Å²) in [6.07, 6.45) is 13.2. The van der Waals surface area contributed by atoms with Gasteiger partial charge in [0.2, 0.25) is 0 Å². The lowest BCUT2D eigenvalue weighted by molar-refractivity contribution is 0.136. The van der Waals surface area contributed by atoms with Crippen LogP contribution in [-0.4, -0.2) is 17.7 Å². The SMILES string of the molecule is CCCCCCCCCCCCN[C@H](C)[C@@H](O)c1ccccc1.Cl. The van der Waals surface area contributed by atoms with Crippen molar-refractivity contribution in [2.45, 2.75) is 90.2 Å².